The standard InChI is InChI=1S/C32H43ClF3N7O4S/c1-29(2,3)47-28(45)42-20-21(19-31(42,6)7)9-8-15-41-16-13-25(39-41)48-40-27(44)22-10-11-23(37-26(22)33)43-17-12-24(38-43)46-18-14-30(4,5)32(34,35)36/h10-13,16-17,21H,8-9,14-15,18-20H2,1-7H3,(H,40,44). The molecule has 2 amide bonds. The number of rotatable bonds is 12. The predicted molar refractivity (Wildman–Crippen MR) is 176 cm³/mol. The largest absolute Gasteiger partial charge is 0.477 e. The van der Waals surface area contributed by atoms with Gasteiger partial charge in [-0.25, -0.2) is 14.5 Å². The van der Waals surface area contributed by atoms with Crippen LogP contribution in [0, 0.1) is 11.3 Å². The zero-order valence-corrected chi connectivity index (χ0v) is 29.8. The molecule has 3 aromatic heterocycles. The van der Waals surface area contributed by atoms with Gasteiger partial charge in [0.1, 0.15) is 15.8 Å². The van der Waals surface area contributed by atoms with Crippen LogP contribution < -0.4 is 9.46 Å². The summed E-state index contributed by atoms with van der Waals surface area (Å²) in [6.45, 7) is 13.2. The fraction of sp³-hybridized carbons (Fsp3) is 0.594. The second-order valence-electron chi connectivity index (χ2n) is 14.2. The Morgan fingerprint density at radius 2 is 1.81 bits per heavy atom. The third kappa shape index (κ3) is 9.80. The normalized spacial score (nSPS) is 16.6. The molecule has 1 fully saturated rings. The molecule has 4 heterocycles. The van der Waals surface area contributed by atoms with Gasteiger partial charge in [0.25, 0.3) is 5.91 Å². The third-order valence-corrected chi connectivity index (χ3v) is 9.06. The van der Waals surface area contributed by atoms with Crippen LogP contribution in [0.3, 0.4) is 0 Å². The number of nitrogens with zero attached hydrogens (tertiary/aromatic N) is 6. The summed E-state index contributed by atoms with van der Waals surface area (Å²) in [7, 11) is 0. The Morgan fingerprint density at radius 3 is 2.48 bits per heavy atom. The van der Waals surface area contributed by atoms with Crippen LogP contribution in [0.4, 0.5) is 18.0 Å². The molecular formula is C32H43ClF3N7O4S. The quantitative estimate of drug-likeness (QED) is 0.150. The lowest BCUT2D eigenvalue weighted by Gasteiger charge is -2.33. The van der Waals surface area contributed by atoms with Crippen molar-refractivity contribution in [1.29, 1.82) is 0 Å². The summed E-state index contributed by atoms with van der Waals surface area (Å²) in [4.78, 5) is 31.6. The maximum absolute atomic E-state index is 13.1. The van der Waals surface area contributed by atoms with Gasteiger partial charge in [0.2, 0.25) is 5.88 Å². The molecule has 11 nitrogen and oxygen atoms in total. The summed E-state index contributed by atoms with van der Waals surface area (Å²) in [5, 5.41) is 9.26. The number of alkyl halides is 3. The molecule has 48 heavy (non-hydrogen) atoms. The number of likely N-dealkylation sites (tertiary alicyclic amines) is 1. The number of nitrogens with one attached hydrogen (secondary N) is 1. The highest BCUT2D eigenvalue weighted by atomic mass is 35.5. The summed E-state index contributed by atoms with van der Waals surface area (Å²) >= 11 is 7.37. The first kappa shape index (κ1) is 37.4. The van der Waals surface area contributed by atoms with Crippen LogP contribution in [0.25, 0.3) is 5.82 Å². The van der Waals surface area contributed by atoms with E-state index in [4.69, 9.17) is 21.1 Å². The second-order valence-corrected chi connectivity index (χ2v) is 15.3. The summed E-state index contributed by atoms with van der Waals surface area (Å²) in [5.41, 5.74) is -2.54. The van der Waals surface area contributed by atoms with Crippen molar-refractivity contribution in [3.8, 4) is 11.7 Å². The first-order chi connectivity index (χ1) is 22.2. The van der Waals surface area contributed by atoms with Gasteiger partial charge in [-0.1, -0.05) is 25.4 Å². The number of pyridine rings is 1. The van der Waals surface area contributed by atoms with Crippen LogP contribution in [-0.2, 0) is 11.3 Å². The number of carbonyl (C=O) groups is 2. The average Bonchev–Trinajstić information content (AvgIpc) is 3.69. The van der Waals surface area contributed by atoms with E-state index < -0.39 is 23.1 Å². The Morgan fingerprint density at radius 1 is 1.08 bits per heavy atom. The maximum Gasteiger partial charge on any atom is 0.410 e. The summed E-state index contributed by atoms with van der Waals surface area (Å²) < 4.78 is 56.1. The van der Waals surface area contributed by atoms with Crippen molar-refractivity contribution in [2.24, 2.45) is 11.3 Å². The monoisotopic (exact) mass is 713 g/mol. The molecule has 3 aromatic rings. The number of ether oxygens (including phenoxy) is 2. The molecule has 0 spiro atoms. The minimum Gasteiger partial charge on any atom is -0.477 e. The number of aryl methyl sites for hydroxylation is 1. The predicted octanol–water partition coefficient (Wildman–Crippen LogP) is 7.73. The van der Waals surface area contributed by atoms with E-state index in [0.717, 1.165) is 45.1 Å². The number of carbonyl (C=O) groups excluding carboxylic acids is 2. The smallest absolute Gasteiger partial charge is 0.410 e. The van der Waals surface area contributed by atoms with Crippen molar-refractivity contribution < 1.29 is 32.2 Å². The number of hydrogen-bond acceptors (Lipinski definition) is 8. The molecule has 1 unspecified atom stereocenters. The molecule has 1 saturated heterocycles. The van der Waals surface area contributed by atoms with Crippen LogP contribution in [0.15, 0.2) is 41.7 Å². The van der Waals surface area contributed by atoms with Crippen LogP contribution in [0.2, 0.25) is 5.15 Å². The van der Waals surface area contributed by atoms with E-state index in [1.807, 2.05) is 36.5 Å². The molecule has 0 aliphatic carbocycles. The van der Waals surface area contributed by atoms with Gasteiger partial charge in [-0.2, -0.15) is 18.3 Å². The number of amides is 2. The molecule has 16 heteroatoms. The lowest BCUT2D eigenvalue weighted by atomic mass is 9.89. The van der Waals surface area contributed by atoms with Gasteiger partial charge < -0.3 is 14.4 Å². The zero-order chi connectivity index (χ0) is 35.5. The van der Waals surface area contributed by atoms with Gasteiger partial charge in [-0.05, 0) is 84.4 Å². The van der Waals surface area contributed by atoms with E-state index in [1.165, 1.54) is 23.0 Å². The number of hydrogen-bond donors (Lipinski definition) is 1. The molecule has 1 atom stereocenters. The summed E-state index contributed by atoms with van der Waals surface area (Å²) in [5.74, 6) is 0.339. The van der Waals surface area contributed by atoms with Gasteiger partial charge in [0, 0.05) is 49.0 Å². The minimum absolute atomic E-state index is 0.0543. The van der Waals surface area contributed by atoms with Gasteiger partial charge in [-0.15, -0.1) is 5.10 Å². The van der Waals surface area contributed by atoms with E-state index in [1.54, 1.807) is 12.1 Å². The van der Waals surface area contributed by atoms with Crippen molar-refractivity contribution in [2.45, 2.75) is 103 Å². The Bertz CT molecular complexity index is 1590. The Labute approximate surface area is 288 Å². The molecule has 1 aliphatic rings. The fourth-order valence-corrected chi connectivity index (χ4v) is 6.04. The van der Waals surface area contributed by atoms with Crippen LogP contribution in [-0.4, -0.2) is 71.9 Å². The second kappa shape index (κ2) is 14.6. The molecule has 0 radical (unpaired) electrons. The van der Waals surface area contributed by atoms with Crippen molar-refractivity contribution in [3.63, 3.8) is 0 Å². The SMILES string of the molecule is CC(C)(C)OC(=O)N1CC(CCCn2ccc(SNC(=O)c3ccc(-n4ccc(OCCC(C)(C)C(F)(F)F)n4)nc3Cl)n2)CC1(C)C. The van der Waals surface area contributed by atoms with E-state index in [-0.39, 0.29) is 41.3 Å². The number of aromatic nitrogens is 5. The molecular weight excluding hydrogens is 671 g/mol. The highest BCUT2D eigenvalue weighted by Gasteiger charge is 2.47. The molecule has 4 rings (SSSR count). The lowest BCUT2D eigenvalue weighted by Crippen LogP contribution is -2.45. The third-order valence-electron chi connectivity index (χ3n) is 8.06. The summed E-state index contributed by atoms with van der Waals surface area (Å²) in [6, 6.07) is 6.35. The molecule has 0 bridgehead atoms. The Kier molecular flexibility index (Phi) is 11.3. The van der Waals surface area contributed by atoms with E-state index in [2.05, 4.69) is 33.8 Å². The molecule has 0 saturated carbocycles. The van der Waals surface area contributed by atoms with Crippen molar-refractivity contribution in [2.75, 3.05) is 13.2 Å². The van der Waals surface area contributed by atoms with E-state index in [9.17, 15) is 22.8 Å². The van der Waals surface area contributed by atoms with Crippen LogP contribution in [0.1, 0.15) is 84.5 Å². The van der Waals surface area contributed by atoms with Gasteiger partial charge >= 0.3 is 12.3 Å². The first-order valence-corrected chi connectivity index (χ1v) is 16.9. The first-order valence-electron chi connectivity index (χ1n) is 15.7. The molecule has 0 aromatic carbocycles. The van der Waals surface area contributed by atoms with Gasteiger partial charge in [0.15, 0.2) is 5.82 Å². The maximum atomic E-state index is 13.1. The fourth-order valence-electron chi connectivity index (χ4n) is 5.22. The van der Waals surface area contributed by atoms with Crippen LogP contribution in [0.5, 0.6) is 5.88 Å². The van der Waals surface area contributed by atoms with E-state index >= 15 is 0 Å². The highest BCUT2D eigenvalue weighted by Crippen LogP contribution is 2.40. The lowest BCUT2D eigenvalue weighted by molar-refractivity contribution is -0.215. The zero-order valence-electron chi connectivity index (χ0n) is 28.2. The molecule has 264 valence electrons. The molecule has 1 N–H and O–H groups in total. The topological polar surface area (TPSA) is 116 Å². The van der Waals surface area contributed by atoms with Crippen molar-refractivity contribution >= 4 is 35.5 Å². The summed E-state index contributed by atoms with van der Waals surface area (Å²) in [6.07, 6.45) is 1.27. The molecule has 1 aliphatic heterocycles. The van der Waals surface area contributed by atoms with Gasteiger partial charge in [0.05, 0.1) is 17.6 Å². The van der Waals surface area contributed by atoms with Crippen molar-refractivity contribution in [3.05, 3.63) is 47.4 Å². The van der Waals surface area contributed by atoms with Gasteiger partial charge in [-0.3, -0.25) is 14.2 Å². The van der Waals surface area contributed by atoms with Crippen LogP contribution >= 0.6 is 23.5 Å². The minimum atomic E-state index is -4.34. The Hall–Kier alpha value is -3.46. The highest BCUT2D eigenvalue weighted by molar-refractivity contribution is 7.97. The van der Waals surface area contributed by atoms with Crippen molar-refractivity contribution in [1.82, 2.24) is 34.2 Å². The number of halogens is 4. The Balaban J connectivity index is 1.22. The van der Waals surface area contributed by atoms with E-state index in [0.29, 0.717) is 29.9 Å². The average molecular weight is 714 g/mol.